The molecule has 2 heterocycles. The number of benzene rings is 2. The zero-order valence-electron chi connectivity index (χ0n) is 11.9. The second-order valence-electron chi connectivity index (χ2n) is 5.25. The molecule has 1 amide bonds. The Balaban J connectivity index is 1.94. The third kappa shape index (κ3) is 2.07. The van der Waals surface area contributed by atoms with Gasteiger partial charge in [0, 0.05) is 22.7 Å². The number of sulfone groups is 1. The predicted molar refractivity (Wildman–Crippen MR) is 88.5 cm³/mol. The van der Waals surface area contributed by atoms with E-state index in [1.54, 1.807) is 24.4 Å². The summed E-state index contributed by atoms with van der Waals surface area (Å²) >= 11 is 0. The number of carbonyl (C=O) groups excluding carboxylic acids is 1. The van der Waals surface area contributed by atoms with Crippen LogP contribution < -0.4 is 5.32 Å². The van der Waals surface area contributed by atoms with E-state index in [-0.39, 0.29) is 9.80 Å². The highest BCUT2D eigenvalue weighted by molar-refractivity contribution is 7.96. The summed E-state index contributed by atoms with van der Waals surface area (Å²) in [6.07, 6.45) is 3.11. The number of aromatic amines is 1. The molecule has 1 aliphatic rings. The number of hydrogen-bond acceptors (Lipinski definition) is 3. The molecule has 0 fully saturated rings. The average Bonchev–Trinajstić information content (AvgIpc) is 2.95. The van der Waals surface area contributed by atoms with Gasteiger partial charge in [-0.1, -0.05) is 30.3 Å². The van der Waals surface area contributed by atoms with Crippen LogP contribution in [0, 0.1) is 0 Å². The van der Waals surface area contributed by atoms with Crippen molar-refractivity contribution in [2.45, 2.75) is 4.90 Å². The number of rotatable bonds is 1. The van der Waals surface area contributed by atoms with E-state index in [0.29, 0.717) is 11.3 Å². The molecular weight excluding hydrogens is 312 g/mol. The zero-order chi connectivity index (χ0) is 16.0. The van der Waals surface area contributed by atoms with Gasteiger partial charge in [0.15, 0.2) is 0 Å². The molecule has 6 heteroatoms. The number of hydrogen-bond donors (Lipinski definition) is 2. The van der Waals surface area contributed by atoms with E-state index in [0.717, 1.165) is 10.9 Å². The summed E-state index contributed by atoms with van der Waals surface area (Å²) in [5.74, 6) is -0.617. The van der Waals surface area contributed by atoms with Crippen molar-refractivity contribution in [1.82, 2.24) is 4.98 Å². The Kier molecular flexibility index (Phi) is 2.89. The monoisotopic (exact) mass is 324 g/mol. The molecule has 2 N–H and O–H groups in total. The van der Waals surface area contributed by atoms with Crippen LogP contribution in [0.1, 0.15) is 5.56 Å². The van der Waals surface area contributed by atoms with Crippen LogP contribution in [0.15, 0.2) is 64.5 Å². The van der Waals surface area contributed by atoms with Crippen LogP contribution >= 0.6 is 0 Å². The van der Waals surface area contributed by atoms with Gasteiger partial charge in [-0.2, -0.15) is 0 Å². The van der Waals surface area contributed by atoms with Crippen LogP contribution in [-0.2, 0) is 14.6 Å². The summed E-state index contributed by atoms with van der Waals surface area (Å²) in [4.78, 5) is 15.2. The smallest absolute Gasteiger partial charge is 0.267 e. The van der Waals surface area contributed by atoms with E-state index < -0.39 is 15.7 Å². The van der Waals surface area contributed by atoms with Crippen molar-refractivity contribution in [3.63, 3.8) is 0 Å². The first-order valence-electron chi connectivity index (χ1n) is 7.01. The molecule has 0 atom stereocenters. The van der Waals surface area contributed by atoms with E-state index >= 15 is 0 Å². The number of nitrogens with one attached hydrogen (secondary N) is 2. The van der Waals surface area contributed by atoms with Crippen molar-refractivity contribution < 1.29 is 13.2 Å². The molecule has 0 saturated carbocycles. The van der Waals surface area contributed by atoms with Crippen LogP contribution in [0.3, 0.4) is 0 Å². The maximum atomic E-state index is 12.7. The fourth-order valence-corrected chi connectivity index (χ4v) is 4.21. The highest BCUT2D eigenvalue weighted by Crippen LogP contribution is 2.34. The lowest BCUT2D eigenvalue weighted by Crippen LogP contribution is -2.27. The Morgan fingerprint density at radius 2 is 1.70 bits per heavy atom. The second-order valence-corrected chi connectivity index (χ2v) is 7.14. The molecule has 0 radical (unpaired) electrons. The van der Waals surface area contributed by atoms with Crippen LogP contribution in [0.25, 0.3) is 17.0 Å². The Labute approximate surface area is 132 Å². The van der Waals surface area contributed by atoms with Crippen molar-refractivity contribution in [1.29, 1.82) is 0 Å². The van der Waals surface area contributed by atoms with E-state index in [2.05, 4.69) is 10.3 Å². The minimum Gasteiger partial charge on any atom is -0.361 e. The lowest BCUT2D eigenvalue weighted by atomic mass is 10.1. The topological polar surface area (TPSA) is 79.0 Å². The van der Waals surface area contributed by atoms with Gasteiger partial charge in [0.1, 0.15) is 4.91 Å². The molecule has 2 aromatic carbocycles. The molecular formula is C17H12N2O3S. The van der Waals surface area contributed by atoms with Gasteiger partial charge in [-0.05, 0) is 24.3 Å². The van der Waals surface area contributed by atoms with Crippen molar-refractivity contribution in [3.8, 4) is 0 Å². The molecule has 1 aromatic heterocycles. The molecule has 114 valence electrons. The van der Waals surface area contributed by atoms with Gasteiger partial charge in [0.2, 0.25) is 9.84 Å². The normalized spacial score (nSPS) is 17.9. The Morgan fingerprint density at radius 1 is 0.957 bits per heavy atom. The molecule has 3 aromatic rings. The van der Waals surface area contributed by atoms with Crippen molar-refractivity contribution >= 4 is 38.4 Å². The SMILES string of the molecule is O=C1Nc2ccccc2S(=O)(=O)C1=Cc1c[nH]c2ccccc12. The summed E-state index contributed by atoms with van der Waals surface area (Å²) in [6, 6.07) is 13.9. The third-order valence-corrected chi connectivity index (χ3v) is 5.66. The van der Waals surface area contributed by atoms with Crippen LogP contribution in [0.4, 0.5) is 5.69 Å². The van der Waals surface area contributed by atoms with Gasteiger partial charge in [0.25, 0.3) is 5.91 Å². The molecule has 1 aliphatic heterocycles. The number of carbonyl (C=O) groups is 1. The van der Waals surface area contributed by atoms with Gasteiger partial charge in [0.05, 0.1) is 10.6 Å². The minimum atomic E-state index is -3.84. The van der Waals surface area contributed by atoms with E-state index in [1.165, 1.54) is 12.1 Å². The molecule has 0 saturated heterocycles. The zero-order valence-corrected chi connectivity index (χ0v) is 12.7. The molecule has 4 rings (SSSR count). The first-order chi connectivity index (χ1) is 11.1. The number of fused-ring (bicyclic) bond motifs is 2. The maximum Gasteiger partial charge on any atom is 0.267 e. The molecule has 0 aliphatic carbocycles. The average molecular weight is 324 g/mol. The van der Waals surface area contributed by atoms with Crippen molar-refractivity contribution in [3.05, 3.63) is 65.2 Å². The first kappa shape index (κ1) is 13.8. The second kappa shape index (κ2) is 4.82. The van der Waals surface area contributed by atoms with Crippen molar-refractivity contribution in [2.24, 2.45) is 0 Å². The van der Waals surface area contributed by atoms with Gasteiger partial charge in [-0.3, -0.25) is 4.79 Å². The summed E-state index contributed by atoms with van der Waals surface area (Å²) in [5, 5.41) is 3.49. The minimum absolute atomic E-state index is 0.116. The highest BCUT2D eigenvalue weighted by atomic mass is 32.2. The molecule has 0 unspecified atom stereocenters. The number of H-pyrrole nitrogens is 1. The van der Waals surface area contributed by atoms with Crippen molar-refractivity contribution in [2.75, 3.05) is 5.32 Å². The van der Waals surface area contributed by atoms with Crippen LogP contribution in [-0.4, -0.2) is 19.3 Å². The largest absolute Gasteiger partial charge is 0.361 e. The fourth-order valence-electron chi connectivity index (χ4n) is 2.73. The van der Waals surface area contributed by atoms with Gasteiger partial charge < -0.3 is 10.3 Å². The van der Waals surface area contributed by atoms with Gasteiger partial charge in [-0.25, -0.2) is 8.42 Å². The maximum absolute atomic E-state index is 12.7. The number of anilines is 1. The molecule has 23 heavy (non-hydrogen) atoms. The Hall–Kier alpha value is -2.86. The molecule has 0 bridgehead atoms. The number of amides is 1. The highest BCUT2D eigenvalue weighted by Gasteiger charge is 2.34. The van der Waals surface area contributed by atoms with Crippen LogP contribution in [0.5, 0.6) is 0 Å². The summed E-state index contributed by atoms with van der Waals surface area (Å²) < 4.78 is 25.5. The fraction of sp³-hybridized carbons (Fsp3) is 0. The van der Waals surface area contributed by atoms with Gasteiger partial charge in [-0.15, -0.1) is 0 Å². The lowest BCUT2D eigenvalue weighted by Gasteiger charge is -2.19. The Bertz CT molecular complexity index is 1080. The lowest BCUT2D eigenvalue weighted by molar-refractivity contribution is -0.112. The number of para-hydroxylation sites is 2. The summed E-state index contributed by atoms with van der Waals surface area (Å²) in [6.45, 7) is 0. The third-order valence-electron chi connectivity index (χ3n) is 3.85. The molecule has 5 nitrogen and oxygen atoms in total. The summed E-state index contributed by atoms with van der Waals surface area (Å²) in [5.41, 5.74) is 1.86. The van der Waals surface area contributed by atoms with Gasteiger partial charge >= 0.3 is 0 Å². The molecule has 0 spiro atoms. The standard InChI is InChI=1S/C17H12N2O3S/c20-17-16(9-11-10-18-13-6-2-1-5-12(11)13)23(21,22)15-8-4-3-7-14(15)19-17/h1-10,18H,(H,19,20). The van der Waals surface area contributed by atoms with E-state index in [4.69, 9.17) is 0 Å². The van der Waals surface area contributed by atoms with E-state index in [1.807, 2.05) is 24.3 Å². The quantitative estimate of drug-likeness (QED) is 0.676. The Morgan fingerprint density at radius 3 is 2.57 bits per heavy atom. The first-order valence-corrected chi connectivity index (χ1v) is 8.49. The number of aromatic nitrogens is 1. The summed E-state index contributed by atoms with van der Waals surface area (Å²) in [7, 11) is -3.84. The van der Waals surface area contributed by atoms with Crippen LogP contribution in [0.2, 0.25) is 0 Å². The predicted octanol–water partition coefficient (Wildman–Crippen LogP) is 2.93. The van der Waals surface area contributed by atoms with E-state index in [9.17, 15) is 13.2 Å².